The van der Waals surface area contributed by atoms with Crippen LogP contribution in [0, 0.1) is 0 Å². The van der Waals surface area contributed by atoms with E-state index in [-0.39, 0.29) is 12.6 Å². The molecular weight excluding hydrogens is 260 g/mol. The molecule has 2 N–H and O–H groups in total. The number of hydrogen-bond acceptors (Lipinski definition) is 2. The fourth-order valence-corrected chi connectivity index (χ4v) is 2.96. The minimum absolute atomic E-state index is 0.0872. The van der Waals surface area contributed by atoms with Crippen LogP contribution in [0.4, 0.5) is 0 Å². The Morgan fingerprint density at radius 3 is 2.10 bits per heavy atom. The highest BCUT2D eigenvalue weighted by atomic mass is 16.3. The molecule has 0 spiro atoms. The van der Waals surface area contributed by atoms with Gasteiger partial charge in [-0.25, -0.2) is 0 Å². The molecule has 0 saturated carbocycles. The Morgan fingerprint density at radius 2 is 1.57 bits per heavy atom. The summed E-state index contributed by atoms with van der Waals surface area (Å²) >= 11 is 0. The van der Waals surface area contributed by atoms with E-state index < -0.39 is 0 Å². The second-order valence-electron chi connectivity index (χ2n) is 5.48. The van der Waals surface area contributed by atoms with E-state index in [9.17, 15) is 5.11 Å². The van der Waals surface area contributed by atoms with Crippen molar-refractivity contribution in [2.24, 2.45) is 0 Å². The molecule has 0 amide bonds. The first kappa shape index (κ1) is 14.1. The lowest BCUT2D eigenvalue weighted by Gasteiger charge is -2.18. The predicted molar refractivity (Wildman–Crippen MR) is 88.6 cm³/mol. The van der Waals surface area contributed by atoms with Crippen LogP contribution in [0.25, 0.3) is 21.8 Å². The van der Waals surface area contributed by atoms with E-state index in [1.165, 1.54) is 21.8 Å². The minimum atomic E-state index is 0.0872. The van der Waals surface area contributed by atoms with Gasteiger partial charge >= 0.3 is 0 Å². The summed E-state index contributed by atoms with van der Waals surface area (Å²) in [5, 5.41) is 15.6. The number of aliphatic hydroxyl groups is 1. The molecule has 0 aliphatic heterocycles. The number of rotatable bonds is 6. The summed E-state index contributed by atoms with van der Waals surface area (Å²) in [5.41, 5.74) is 2.46. The first-order chi connectivity index (χ1) is 10.3. The molecule has 1 heterocycles. The Bertz CT molecular complexity index is 679. The fourth-order valence-electron chi connectivity index (χ4n) is 2.96. The zero-order valence-corrected chi connectivity index (χ0v) is 12.4. The first-order valence-electron chi connectivity index (χ1n) is 7.65. The van der Waals surface area contributed by atoms with E-state index in [0.29, 0.717) is 0 Å². The van der Waals surface area contributed by atoms with E-state index in [1.54, 1.807) is 0 Å². The van der Waals surface area contributed by atoms with Crippen molar-refractivity contribution in [2.45, 2.75) is 25.9 Å². The van der Waals surface area contributed by atoms with Crippen molar-refractivity contribution in [2.75, 3.05) is 13.2 Å². The highest BCUT2D eigenvalue weighted by Gasteiger charge is 2.13. The van der Waals surface area contributed by atoms with E-state index in [4.69, 9.17) is 0 Å². The number of para-hydroxylation sites is 2. The minimum Gasteiger partial charge on any atom is -0.395 e. The molecule has 3 aromatic rings. The van der Waals surface area contributed by atoms with Crippen molar-refractivity contribution in [3.05, 3.63) is 48.5 Å². The van der Waals surface area contributed by atoms with E-state index in [2.05, 4.69) is 65.3 Å². The topological polar surface area (TPSA) is 37.2 Å². The smallest absolute Gasteiger partial charge is 0.0602 e. The lowest BCUT2D eigenvalue weighted by atomic mass is 10.2. The van der Waals surface area contributed by atoms with Gasteiger partial charge in [-0.3, -0.25) is 0 Å². The molecular formula is C18H22N2O. The Morgan fingerprint density at radius 1 is 1.00 bits per heavy atom. The van der Waals surface area contributed by atoms with Crippen LogP contribution in [0.3, 0.4) is 0 Å². The van der Waals surface area contributed by atoms with Gasteiger partial charge in [-0.15, -0.1) is 0 Å². The number of fused-ring (bicyclic) bond motifs is 3. The third kappa shape index (κ3) is 2.67. The molecule has 2 aromatic carbocycles. The summed E-state index contributed by atoms with van der Waals surface area (Å²) in [6.45, 7) is 4.01. The zero-order valence-electron chi connectivity index (χ0n) is 12.4. The molecule has 0 saturated heterocycles. The van der Waals surface area contributed by atoms with E-state index in [1.807, 2.05) is 0 Å². The second kappa shape index (κ2) is 6.29. The molecule has 1 unspecified atom stereocenters. The number of nitrogens with zero attached hydrogens (tertiary/aromatic N) is 1. The Labute approximate surface area is 125 Å². The van der Waals surface area contributed by atoms with Gasteiger partial charge in [0.05, 0.1) is 6.61 Å². The average Bonchev–Trinajstić information content (AvgIpc) is 2.86. The lowest BCUT2D eigenvalue weighted by molar-refractivity contribution is 0.231. The quantitative estimate of drug-likeness (QED) is 0.729. The van der Waals surface area contributed by atoms with Gasteiger partial charge in [0.15, 0.2) is 0 Å². The highest BCUT2D eigenvalue weighted by molar-refractivity contribution is 6.07. The summed E-state index contributed by atoms with van der Waals surface area (Å²) in [4.78, 5) is 0. The van der Waals surface area contributed by atoms with Gasteiger partial charge < -0.3 is 15.0 Å². The molecule has 1 aromatic heterocycles. The summed E-state index contributed by atoms with van der Waals surface area (Å²) in [6.07, 6.45) is 1.07. The fraction of sp³-hybridized carbons (Fsp3) is 0.333. The van der Waals surface area contributed by atoms with Gasteiger partial charge in [0, 0.05) is 34.4 Å². The van der Waals surface area contributed by atoms with Gasteiger partial charge in [-0.1, -0.05) is 43.3 Å². The standard InChI is InChI=1S/C18H22N2O/c1-2-11-19-14(13-21)12-20-17-9-5-3-7-15(17)16-8-4-6-10-18(16)20/h3-10,14,19,21H,2,11-13H2,1H3. The van der Waals surface area contributed by atoms with E-state index in [0.717, 1.165) is 19.5 Å². The molecule has 0 bridgehead atoms. The summed E-state index contributed by atoms with van der Waals surface area (Å²) in [7, 11) is 0. The van der Waals surface area contributed by atoms with Crippen molar-refractivity contribution in [3.8, 4) is 0 Å². The first-order valence-corrected chi connectivity index (χ1v) is 7.65. The third-order valence-corrected chi connectivity index (χ3v) is 3.99. The van der Waals surface area contributed by atoms with Crippen LogP contribution in [0.5, 0.6) is 0 Å². The van der Waals surface area contributed by atoms with Crippen molar-refractivity contribution in [3.63, 3.8) is 0 Å². The maximum Gasteiger partial charge on any atom is 0.0602 e. The monoisotopic (exact) mass is 282 g/mol. The Hall–Kier alpha value is -1.84. The van der Waals surface area contributed by atoms with Gasteiger partial charge in [0.2, 0.25) is 0 Å². The number of hydrogen-bond donors (Lipinski definition) is 2. The maximum absolute atomic E-state index is 9.62. The number of benzene rings is 2. The van der Waals surface area contributed by atoms with Gasteiger partial charge in [-0.05, 0) is 25.1 Å². The predicted octanol–water partition coefficient (Wildman–Crippen LogP) is 3.16. The van der Waals surface area contributed by atoms with Crippen LogP contribution in [0.1, 0.15) is 13.3 Å². The normalized spacial score (nSPS) is 13.0. The van der Waals surface area contributed by atoms with Crippen LogP contribution in [0.2, 0.25) is 0 Å². The largest absolute Gasteiger partial charge is 0.395 e. The molecule has 0 fully saturated rings. The number of nitrogens with one attached hydrogen (secondary N) is 1. The second-order valence-corrected chi connectivity index (χ2v) is 5.48. The summed E-state index contributed by atoms with van der Waals surface area (Å²) < 4.78 is 2.31. The highest BCUT2D eigenvalue weighted by Crippen LogP contribution is 2.28. The van der Waals surface area contributed by atoms with Crippen LogP contribution in [0.15, 0.2) is 48.5 Å². The maximum atomic E-state index is 9.62. The van der Waals surface area contributed by atoms with Crippen molar-refractivity contribution in [1.82, 2.24) is 9.88 Å². The summed E-state index contributed by atoms with van der Waals surface area (Å²) in [5.74, 6) is 0. The van der Waals surface area contributed by atoms with Crippen molar-refractivity contribution < 1.29 is 5.11 Å². The Balaban J connectivity index is 2.06. The lowest BCUT2D eigenvalue weighted by Crippen LogP contribution is -2.36. The average molecular weight is 282 g/mol. The SMILES string of the molecule is CCCNC(CO)Cn1c2ccccc2c2ccccc21. The van der Waals surface area contributed by atoms with Crippen LogP contribution in [-0.2, 0) is 6.54 Å². The molecule has 1 atom stereocenters. The van der Waals surface area contributed by atoms with Gasteiger partial charge in [0.25, 0.3) is 0 Å². The molecule has 0 aliphatic carbocycles. The number of aliphatic hydroxyl groups excluding tert-OH is 1. The van der Waals surface area contributed by atoms with Crippen molar-refractivity contribution in [1.29, 1.82) is 0 Å². The molecule has 0 aliphatic rings. The molecule has 3 rings (SSSR count). The van der Waals surface area contributed by atoms with Crippen LogP contribution in [-0.4, -0.2) is 28.9 Å². The van der Waals surface area contributed by atoms with Gasteiger partial charge in [0.1, 0.15) is 0 Å². The zero-order chi connectivity index (χ0) is 14.7. The van der Waals surface area contributed by atoms with E-state index >= 15 is 0 Å². The van der Waals surface area contributed by atoms with Crippen molar-refractivity contribution >= 4 is 21.8 Å². The molecule has 110 valence electrons. The Kier molecular flexibility index (Phi) is 4.23. The third-order valence-electron chi connectivity index (χ3n) is 3.99. The van der Waals surface area contributed by atoms with Gasteiger partial charge in [-0.2, -0.15) is 0 Å². The number of aromatic nitrogens is 1. The molecule has 0 radical (unpaired) electrons. The van der Waals surface area contributed by atoms with Crippen LogP contribution >= 0.6 is 0 Å². The van der Waals surface area contributed by atoms with Crippen LogP contribution < -0.4 is 5.32 Å². The molecule has 21 heavy (non-hydrogen) atoms. The molecule has 3 heteroatoms. The molecule has 3 nitrogen and oxygen atoms in total. The summed E-state index contributed by atoms with van der Waals surface area (Å²) in [6, 6.07) is 17.0.